The molecule has 32 heavy (non-hydrogen) atoms. The number of para-hydroxylation sites is 2. The fraction of sp³-hybridized carbons (Fsp3) is 0.360. The number of ether oxygens (including phenoxy) is 3. The van der Waals surface area contributed by atoms with Crippen molar-refractivity contribution >= 4 is 23.1 Å². The predicted molar refractivity (Wildman–Crippen MR) is 122 cm³/mol. The van der Waals surface area contributed by atoms with Gasteiger partial charge in [0.05, 0.1) is 32.1 Å². The van der Waals surface area contributed by atoms with Crippen molar-refractivity contribution in [2.24, 2.45) is 0 Å². The SMILES string of the molecule is CCOc1ccccc1N1C(=O)C(c2ccc(OC)c(OC)c2)=C(N2CCCCC2)C1=O. The Morgan fingerprint density at radius 3 is 2.25 bits per heavy atom. The van der Waals surface area contributed by atoms with Crippen LogP contribution < -0.4 is 19.1 Å². The van der Waals surface area contributed by atoms with Crippen molar-refractivity contribution in [1.29, 1.82) is 0 Å². The molecular weight excluding hydrogens is 408 g/mol. The van der Waals surface area contributed by atoms with Crippen LogP contribution in [-0.4, -0.2) is 50.6 Å². The monoisotopic (exact) mass is 436 g/mol. The Morgan fingerprint density at radius 1 is 0.844 bits per heavy atom. The van der Waals surface area contributed by atoms with Crippen molar-refractivity contribution < 1.29 is 23.8 Å². The zero-order valence-corrected chi connectivity index (χ0v) is 18.7. The number of rotatable bonds is 7. The number of carbonyl (C=O) groups is 2. The van der Waals surface area contributed by atoms with Crippen molar-refractivity contribution in [3.8, 4) is 17.2 Å². The molecule has 2 aromatic rings. The highest BCUT2D eigenvalue weighted by Gasteiger charge is 2.43. The summed E-state index contributed by atoms with van der Waals surface area (Å²) in [5.41, 5.74) is 1.89. The zero-order chi connectivity index (χ0) is 22.7. The van der Waals surface area contributed by atoms with Crippen LogP contribution in [0.25, 0.3) is 5.57 Å². The normalized spacial score (nSPS) is 16.6. The summed E-state index contributed by atoms with van der Waals surface area (Å²) in [6.07, 6.45) is 3.09. The minimum absolute atomic E-state index is 0.325. The van der Waals surface area contributed by atoms with Crippen LogP contribution in [0.1, 0.15) is 31.7 Å². The molecule has 7 nitrogen and oxygen atoms in total. The third-order valence-electron chi connectivity index (χ3n) is 5.81. The molecule has 2 aliphatic rings. The second-order valence-electron chi connectivity index (χ2n) is 7.69. The molecule has 0 aliphatic carbocycles. The maximum Gasteiger partial charge on any atom is 0.282 e. The number of benzene rings is 2. The number of methoxy groups -OCH3 is 2. The lowest BCUT2D eigenvalue weighted by Crippen LogP contribution is -2.37. The number of anilines is 1. The van der Waals surface area contributed by atoms with Gasteiger partial charge in [0.25, 0.3) is 11.8 Å². The molecule has 0 radical (unpaired) electrons. The standard InChI is InChI=1S/C25H28N2O5/c1-4-32-19-11-7-6-10-18(19)27-24(28)22(17-12-13-20(30-2)21(16-17)31-3)23(25(27)29)26-14-8-5-9-15-26/h6-7,10-13,16H,4-5,8-9,14-15H2,1-3H3. The number of piperidine rings is 1. The van der Waals surface area contributed by atoms with Gasteiger partial charge in [-0.3, -0.25) is 9.59 Å². The predicted octanol–water partition coefficient (Wildman–Crippen LogP) is 3.87. The minimum Gasteiger partial charge on any atom is -0.493 e. The van der Waals surface area contributed by atoms with Gasteiger partial charge in [-0.05, 0) is 56.0 Å². The molecule has 168 valence electrons. The van der Waals surface area contributed by atoms with Crippen molar-refractivity contribution in [2.45, 2.75) is 26.2 Å². The van der Waals surface area contributed by atoms with Crippen LogP contribution in [0.3, 0.4) is 0 Å². The summed E-state index contributed by atoms with van der Waals surface area (Å²) in [5, 5.41) is 0. The molecule has 0 bridgehead atoms. The Labute approximate surface area is 188 Å². The third-order valence-corrected chi connectivity index (χ3v) is 5.81. The van der Waals surface area contributed by atoms with Crippen molar-refractivity contribution in [2.75, 3.05) is 38.8 Å². The van der Waals surface area contributed by atoms with E-state index in [4.69, 9.17) is 14.2 Å². The van der Waals surface area contributed by atoms with Crippen LogP contribution in [0.4, 0.5) is 5.69 Å². The molecule has 2 aromatic carbocycles. The lowest BCUT2D eigenvalue weighted by Gasteiger charge is -2.29. The van der Waals surface area contributed by atoms with E-state index in [2.05, 4.69) is 0 Å². The Kier molecular flexibility index (Phi) is 6.35. The Bertz CT molecular complexity index is 1060. The van der Waals surface area contributed by atoms with Crippen LogP contribution in [-0.2, 0) is 9.59 Å². The maximum absolute atomic E-state index is 13.8. The van der Waals surface area contributed by atoms with Crippen molar-refractivity contribution in [3.63, 3.8) is 0 Å². The summed E-state index contributed by atoms with van der Waals surface area (Å²) in [6, 6.07) is 12.4. The number of hydrogen-bond donors (Lipinski definition) is 0. The molecule has 0 N–H and O–H groups in total. The minimum atomic E-state index is -0.366. The average Bonchev–Trinajstić information content (AvgIpc) is 3.09. The van der Waals surface area contributed by atoms with E-state index in [1.165, 1.54) is 4.90 Å². The summed E-state index contributed by atoms with van der Waals surface area (Å²) in [5.74, 6) is 0.877. The van der Waals surface area contributed by atoms with Crippen LogP contribution in [0.5, 0.6) is 17.2 Å². The molecule has 0 atom stereocenters. The van der Waals surface area contributed by atoms with Gasteiger partial charge in [-0.2, -0.15) is 0 Å². The van der Waals surface area contributed by atoms with Crippen LogP contribution >= 0.6 is 0 Å². The van der Waals surface area contributed by atoms with Gasteiger partial charge in [0.15, 0.2) is 11.5 Å². The number of likely N-dealkylation sites (tertiary alicyclic amines) is 1. The van der Waals surface area contributed by atoms with Gasteiger partial charge >= 0.3 is 0 Å². The first-order chi connectivity index (χ1) is 15.6. The summed E-state index contributed by atoms with van der Waals surface area (Å²) in [4.78, 5) is 30.8. The topological polar surface area (TPSA) is 68.3 Å². The molecule has 1 fully saturated rings. The van der Waals surface area contributed by atoms with Crippen molar-refractivity contribution in [3.05, 3.63) is 53.7 Å². The molecule has 4 rings (SSSR count). The molecule has 2 amide bonds. The molecule has 0 saturated carbocycles. The highest BCUT2D eigenvalue weighted by molar-refractivity contribution is 6.45. The van der Waals surface area contributed by atoms with Gasteiger partial charge < -0.3 is 19.1 Å². The van der Waals surface area contributed by atoms with Crippen LogP contribution in [0, 0.1) is 0 Å². The lowest BCUT2D eigenvalue weighted by molar-refractivity contribution is -0.120. The van der Waals surface area contributed by atoms with Gasteiger partial charge in [0.1, 0.15) is 11.4 Å². The first-order valence-electron chi connectivity index (χ1n) is 10.9. The van der Waals surface area contributed by atoms with Gasteiger partial charge in [0, 0.05) is 13.1 Å². The molecule has 1 saturated heterocycles. The largest absolute Gasteiger partial charge is 0.493 e. The molecule has 0 unspecified atom stereocenters. The fourth-order valence-corrected chi connectivity index (χ4v) is 4.32. The maximum atomic E-state index is 13.8. The summed E-state index contributed by atoms with van der Waals surface area (Å²) in [7, 11) is 3.11. The Morgan fingerprint density at radius 2 is 1.56 bits per heavy atom. The highest BCUT2D eigenvalue weighted by Crippen LogP contribution is 2.41. The number of amides is 2. The Balaban J connectivity index is 1.85. The first kappa shape index (κ1) is 21.7. The van der Waals surface area contributed by atoms with Crippen LogP contribution in [0.15, 0.2) is 48.2 Å². The quantitative estimate of drug-likeness (QED) is 0.614. The van der Waals surface area contributed by atoms with E-state index in [0.717, 1.165) is 32.4 Å². The number of imide groups is 1. The molecule has 2 heterocycles. The van der Waals surface area contributed by atoms with E-state index in [9.17, 15) is 9.59 Å². The molecule has 0 aromatic heterocycles. The van der Waals surface area contributed by atoms with Gasteiger partial charge in [-0.25, -0.2) is 4.90 Å². The van der Waals surface area contributed by atoms with Gasteiger partial charge in [-0.1, -0.05) is 18.2 Å². The summed E-state index contributed by atoms with van der Waals surface area (Å²) < 4.78 is 16.5. The first-order valence-corrected chi connectivity index (χ1v) is 10.9. The smallest absolute Gasteiger partial charge is 0.282 e. The lowest BCUT2D eigenvalue weighted by atomic mass is 10.0. The number of nitrogens with zero attached hydrogens (tertiary/aromatic N) is 2. The fourth-order valence-electron chi connectivity index (χ4n) is 4.32. The van der Waals surface area contributed by atoms with Crippen LogP contribution in [0.2, 0.25) is 0 Å². The van der Waals surface area contributed by atoms with E-state index >= 15 is 0 Å². The van der Waals surface area contributed by atoms with E-state index < -0.39 is 0 Å². The Hall–Kier alpha value is -3.48. The van der Waals surface area contributed by atoms with Gasteiger partial charge in [-0.15, -0.1) is 0 Å². The van der Waals surface area contributed by atoms with Crippen molar-refractivity contribution in [1.82, 2.24) is 4.90 Å². The van der Waals surface area contributed by atoms with Gasteiger partial charge in [0.2, 0.25) is 0 Å². The van der Waals surface area contributed by atoms with E-state index in [0.29, 0.717) is 46.4 Å². The molecule has 7 heteroatoms. The molecular formula is C25H28N2O5. The summed E-state index contributed by atoms with van der Waals surface area (Å²) in [6.45, 7) is 3.79. The molecule has 0 spiro atoms. The number of carbonyl (C=O) groups excluding carboxylic acids is 2. The second-order valence-corrected chi connectivity index (χ2v) is 7.69. The highest BCUT2D eigenvalue weighted by atomic mass is 16.5. The van der Waals surface area contributed by atoms with E-state index in [1.807, 2.05) is 17.9 Å². The van der Waals surface area contributed by atoms with E-state index in [1.54, 1.807) is 50.6 Å². The average molecular weight is 437 g/mol. The zero-order valence-electron chi connectivity index (χ0n) is 18.7. The summed E-state index contributed by atoms with van der Waals surface area (Å²) >= 11 is 0. The third kappa shape index (κ3) is 3.79. The molecule has 2 aliphatic heterocycles. The van der Waals surface area contributed by atoms with E-state index in [-0.39, 0.29) is 11.8 Å². The second kappa shape index (κ2) is 9.34. The number of hydrogen-bond acceptors (Lipinski definition) is 6.